The molecule has 2 aromatic rings. The molecule has 0 saturated heterocycles. The Morgan fingerprint density at radius 2 is 2.09 bits per heavy atom. The summed E-state index contributed by atoms with van der Waals surface area (Å²) in [4.78, 5) is 12.1. The Morgan fingerprint density at radius 3 is 2.91 bits per heavy atom. The Bertz CT molecular complexity index is 682. The van der Waals surface area contributed by atoms with Crippen molar-refractivity contribution in [3.05, 3.63) is 59.4 Å². The van der Waals surface area contributed by atoms with Crippen molar-refractivity contribution >= 4 is 11.6 Å². The first-order valence-electron chi connectivity index (χ1n) is 7.12. The topological polar surface area (TPSA) is 58.6 Å². The van der Waals surface area contributed by atoms with E-state index in [1.807, 2.05) is 24.3 Å². The smallest absolute Gasteiger partial charge is 0.227 e. The Hall–Kier alpha value is -2.40. The van der Waals surface area contributed by atoms with Gasteiger partial charge in [0.15, 0.2) is 5.82 Å². The molecule has 1 heterocycles. The van der Waals surface area contributed by atoms with Crippen molar-refractivity contribution in [3.63, 3.8) is 0 Å². The standard InChI is InChI=1S/C17H16FNO3/c18-13-6-3-7-14(20)17(13)19-16(21)10-15-12-5-2-1-4-11(12)8-9-22-15/h1-7,15,20H,8-10H2,(H,19,21)/t15-/m0/s1. The number of fused-ring (bicyclic) bond motifs is 1. The Morgan fingerprint density at radius 1 is 1.27 bits per heavy atom. The second-order valence-electron chi connectivity index (χ2n) is 5.19. The number of phenols is 1. The number of para-hydroxylation sites is 1. The Labute approximate surface area is 127 Å². The lowest BCUT2D eigenvalue weighted by Gasteiger charge is -2.25. The van der Waals surface area contributed by atoms with E-state index >= 15 is 0 Å². The summed E-state index contributed by atoms with van der Waals surface area (Å²) in [5.41, 5.74) is 1.96. The van der Waals surface area contributed by atoms with Crippen LogP contribution in [0, 0.1) is 5.82 Å². The van der Waals surface area contributed by atoms with E-state index in [0.29, 0.717) is 6.61 Å². The summed E-state index contributed by atoms with van der Waals surface area (Å²) in [7, 11) is 0. The highest BCUT2D eigenvalue weighted by atomic mass is 19.1. The molecule has 0 aliphatic carbocycles. The molecular formula is C17H16FNO3. The van der Waals surface area contributed by atoms with Crippen molar-refractivity contribution in [2.75, 3.05) is 11.9 Å². The maximum absolute atomic E-state index is 13.6. The molecule has 1 aliphatic heterocycles. The predicted molar refractivity (Wildman–Crippen MR) is 80.2 cm³/mol. The number of carbonyl (C=O) groups is 1. The molecular weight excluding hydrogens is 285 g/mol. The van der Waals surface area contributed by atoms with Gasteiger partial charge in [-0.2, -0.15) is 0 Å². The molecule has 5 heteroatoms. The fourth-order valence-electron chi connectivity index (χ4n) is 2.64. The molecule has 0 unspecified atom stereocenters. The van der Waals surface area contributed by atoms with E-state index in [1.165, 1.54) is 23.8 Å². The first-order chi connectivity index (χ1) is 10.6. The highest BCUT2D eigenvalue weighted by Crippen LogP contribution is 2.31. The lowest BCUT2D eigenvalue weighted by molar-refractivity contribution is -0.119. The summed E-state index contributed by atoms with van der Waals surface area (Å²) >= 11 is 0. The number of halogens is 1. The number of carbonyl (C=O) groups excluding carboxylic acids is 1. The van der Waals surface area contributed by atoms with Gasteiger partial charge in [0.25, 0.3) is 0 Å². The molecule has 4 nitrogen and oxygen atoms in total. The summed E-state index contributed by atoms with van der Waals surface area (Å²) in [6.07, 6.45) is 0.548. The first-order valence-corrected chi connectivity index (χ1v) is 7.12. The quantitative estimate of drug-likeness (QED) is 0.856. The van der Waals surface area contributed by atoms with Crippen molar-refractivity contribution in [2.24, 2.45) is 0 Å². The zero-order valence-electron chi connectivity index (χ0n) is 11.9. The summed E-state index contributed by atoms with van der Waals surface area (Å²) < 4.78 is 19.3. The molecule has 0 spiro atoms. The molecule has 0 saturated carbocycles. The van der Waals surface area contributed by atoms with E-state index < -0.39 is 11.7 Å². The summed E-state index contributed by atoms with van der Waals surface area (Å²) in [6, 6.07) is 11.7. The van der Waals surface area contributed by atoms with Crippen LogP contribution in [0.15, 0.2) is 42.5 Å². The first kappa shape index (κ1) is 14.5. The molecule has 2 N–H and O–H groups in total. The SMILES string of the molecule is O=C(C[C@@H]1OCCc2ccccc21)Nc1c(O)cccc1F. The number of amides is 1. The highest BCUT2D eigenvalue weighted by Gasteiger charge is 2.23. The second-order valence-corrected chi connectivity index (χ2v) is 5.19. The number of benzene rings is 2. The maximum atomic E-state index is 13.6. The molecule has 0 radical (unpaired) electrons. The monoisotopic (exact) mass is 301 g/mol. The molecule has 114 valence electrons. The number of ether oxygens (including phenoxy) is 1. The van der Waals surface area contributed by atoms with Gasteiger partial charge in [0.1, 0.15) is 11.4 Å². The fourth-order valence-corrected chi connectivity index (χ4v) is 2.64. The minimum absolute atomic E-state index is 0.0742. The average molecular weight is 301 g/mol. The number of anilines is 1. The van der Waals surface area contributed by atoms with Gasteiger partial charge in [0, 0.05) is 0 Å². The van der Waals surface area contributed by atoms with Crippen molar-refractivity contribution in [1.29, 1.82) is 0 Å². The van der Waals surface area contributed by atoms with E-state index in [1.54, 1.807) is 0 Å². The summed E-state index contributed by atoms with van der Waals surface area (Å²) in [5.74, 6) is -1.36. The van der Waals surface area contributed by atoms with Gasteiger partial charge in [-0.25, -0.2) is 4.39 Å². The maximum Gasteiger partial charge on any atom is 0.227 e. The number of phenolic OH excluding ortho intramolecular Hbond substituents is 1. The van der Waals surface area contributed by atoms with Crippen LogP contribution in [0.1, 0.15) is 23.7 Å². The third-order valence-electron chi connectivity index (χ3n) is 3.72. The van der Waals surface area contributed by atoms with E-state index in [0.717, 1.165) is 12.0 Å². The number of hydrogen-bond acceptors (Lipinski definition) is 3. The zero-order chi connectivity index (χ0) is 15.5. The third-order valence-corrected chi connectivity index (χ3v) is 3.72. The van der Waals surface area contributed by atoms with Gasteiger partial charge >= 0.3 is 0 Å². The molecule has 0 aromatic heterocycles. The van der Waals surface area contributed by atoms with Gasteiger partial charge in [-0.1, -0.05) is 30.3 Å². The number of nitrogens with one attached hydrogen (secondary N) is 1. The molecule has 3 rings (SSSR count). The fraction of sp³-hybridized carbons (Fsp3) is 0.235. The molecule has 1 amide bonds. The van der Waals surface area contributed by atoms with Crippen LogP contribution in [0.3, 0.4) is 0 Å². The minimum Gasteiger partial charge on any atom is -0.506 e. The minimum atomic E-state index is -0.668. The largest absolute Gasteiger partial charge is 0.506 e. The van der Waals surface area contributed by atoms with Crippen molar-refractivity contribution in [1.82, 2.24) is 0 Å². The molecule has 22 heavy (non-hydrogen) atoms. The average Bonchev–Trinajstić information content (AvgIpc) is 2.51. The summed E-state index contributed by atoms with van der Waals surface area (Å²) in [6.45, 7) is 0.555. The number of aromatic hydroxyl groups is 1. The molecule has 0 bridgehead atoms. The molecule has 0 fully saturated rings. The van der Waals surface area contributed by atoms with Crippen LogP contribution in [-0.2, 0) is 16.0 Å². The van der Waals surface area contributed by atoms with E-state index in [2.05, 4.69) is 5.32 Å². The normalized spacial score (nSPS) is 16.9. The number of rotatable bonds is 3. The van der Waals surface area contributed by atoms with Crippen molar-refractivity contribution in [2.45, 2.75) is 18.9 Å². The van der Waals surface area contributed by atoms with Crippen molar-refractivity contribution < 1.29 is 19.0 Å². The van der Waals surface area contributed by atoms with Crippen LogP contribution in [0.25, 0.3) is 0 Å². The van der Waals surface area contributed by atoms with Crippen LogP contribution in [0.2, 0.25) is 0 Å². The third kappa shape index (κ3) is 2.94. The predicted octanol–water partition coefficient (Wildman–Crippen LogP) is 3.17. The van der Waals surface area contributed by atoms with Gasteiger partial charge in [-0.15, -0.1) is 0 Å². The van der Waals surface area contributed by atoms with Crippen LogP contribution in [-0.4, -0.2) is 17.6 Å². The Kier molecular flexibility index (Phi) is 4.06. The van der Waals surface area contributed by atoms with Crippen LogP contribution in [0.4, 0.5) is 10.1 Å². The van der Waals surface area contributed by atoms with E-state index in [-0.39, 0.29) is 24.0 Å². The lowest BCUT2D eigenvalue weighted by Crippen LogP contribution is -2.22. The van der Waals surface area contributed by atoms with Crippen LogP contribution < -0.4 is 5.32 Å². The van der Waals surface area contributed by atoms with E-state index in [4.69, 9.17) is 4.74 Å². The van der Waals surface area contributed by atoms with Crippen molar-refractivity contribution in [3.8, 4) is 5.75 Å². The lowest BCUT2D eigenvalue weighted by atomic mass is 9.95. The highest BCUT2D eigenvalue weighted by molar-refractivity contribution is 5.92. The van der Waals surface area contributed by atoms with Crippen LogP contribution >= 0.6 is 0 Å². The van der Waals surface area contributed by atoms with Gasteiger partial charge < -0.3 is 15.2 Å². The van der Waals surface area contributed by atoms with Crippen LogP contribution in [0.5, 0.6) is 5.75 Å². The molecule has 1 aliphatic rings. The molecule has 2 aromatic carbocycles. The van der Waals surface area contributed by atoms with Gasteiger partial charge in [0.2, 0.25) is 5.91 Å². The molecule has 1 atom stereocenters. The van der Waals surface area contributed by atoms with Gasteiger partial charge in [0.05, 0.1) is 19.1 Å². The Balaban J connectivity index is 1.73. The number of hydrogen-bond donors (Lipinski definition) is 2. The summed E-state index contributed by atoms with van der Waals surface area (Å²) in [5, 5.41) is 12.0. The van der Waals surface area contributed by atoms with E-state index in [9.17, 15) is 14.3 Å². The zero-order valence-corrected chi connectivity index (χ0v) is 11.9. The van der Waals surface area contributed by atoms with Gasteiger partial charge in [-0.3, -0.25) is 4.79 Å². The second kappa shape index (κ2) is 6.15. The van der Waals surface area contributed by atoms with Gasteiger partial charge in [-0.05, 0) is 29.7 Å².